The molecule has 2 amide bonds. The summed E-state index contributed by atoms with van der Waals surface area (Å²) in [6.07, 6.45) is 2.17. The molecular formula is C25H33N3O4. The normalized spacial score (nSPS) is 15.3. The van der Waals surface area contributed by atoms with Gasteiger partial charge in [-0.2, -0.15) is 0 Å². The molecular weight excluding hydrogens is 406 g/mol. The first-order chi connectivity index (χ1) is 15.5. The molecule has 0 radical (unpaired) electrons. The maximum Gasteiger partial charge on any atom is 0.251 e. The van der Waals surface area contributed by atoms with E-state index >= 15 is 0 Å². The molecule has 7 heteroatoms. The molecule has 1 aliphatic heterocycles. The zero-order valence-corrected chi connectivity index (χ0v) is 18.9. The van der Waals surface area contributed by atoms with Gasteiger partial charge in [0.25, 0.3) is 5.91 Å². The molecule has 7 nitrogen and oxygen atoms in total. The molecule has 1 aliphatic rings. The summed E-state index contributed by atoms with van der Waals surface area (Å²) in [5.74, 6) is 1.16. The van der Waals surface area contributed by atoms with Crippen LogP contribution in [-0.4, -0.2) is 55.6 Å². The molecule has 3 rings (SSSR count). The van der Waals surface area contributed by atoms with Crippen LogP contribution in [0.4, 0.5) is 0 Å². The SMILES string of the molecule is CCC(CC)C(CNC(=O)c1ccc(Oc2ccc(C(N)=O)cc2)cc1)N1CCOCC1. The summed E-state index contributed by atoms with van der Waals surface area (Å²) in [7, 11) is 0. The largest absolute Gasteiger partial charge is 0.457 e. The van der Waals surface area contributed by atoms with Gasteiger partial charge in [-0.05, 0) is 54.4 Å². The van der Waals surface area contributed by atoms with Crippen molar-refractivity contribution in [3.63, 3.8) is 0 Å². The van der Waals surface area contributed by atoms with E-state index in [0.717, 1.165) is 39.1 Å². The van der Waals surface area contributed by atoms with Gasteiger partial charge in [0.05, 0.1) is 13.2 Å². The van der Waals surface area contributed by atoms with Crippen LogP contribution in [0.5, 0.6) is 11.5 Å². The minimum atomic E-state index is -0.480. The summed E-state index contributed by atoms with van der Waals surface area (Å²) >= 11 is 0. The Labute approximate surface area is 189 Å². The van der Waals surface area contributed by atoms with E-state index in [0.29, 0.717) is 41.1 Å². The Morgan fingerprint density at radius 1 is 0.969 bits per heavy atom. The predicted octanol–water partition coefficient (Wildman–Crippen LogP) is 3.44. The lowest BCUT2D eigenvalue weighted by Crippen LogP contribution is -2.52. The predicted molar refractivity (Wildman–Crippen MR) is 124 cm³/mol. The third-order valence-corrected chi connectivity index (χ3v) is 6.07. The van der Waals surface area contributed by atoms with Gasteiger partial charge in [-0.1, -0.05) is 26.7 Å². The summed E-state index contributed by atoms with van der Waals surface area (Å²) in [4.78, 5) is 26.4. The van der Waals surface area contributed by atoms with E-state index in [1.165, 1.54) is 0 Å². The smallest absolute Gasteiger partial charge is 0.251 e. The van der Waals surface area contributed by atoms with Crippen molar-refractivity contribution >= 4 is 11.8 Å². The Kier molecular flexibility index (Phi) is 8.64. The average molecular weight is 440 g/mol. The van der Waals surface area contributed by atoms with E-state index in [1.807, 2.05) is 0 Å². The van der Waals surface area contributed by atoms with E-state index in [4.69, 9.17) is 15.2 Å². The zero-order chi connectivity index (χ0) is 22.9. The maximum atomic E-state index is 12.8. The summed E-state index contributed by atoms with van der Waals surface area (Å²) < 4.78 is 11.3. The van der Waals surface area contributed by atoms with Gasteiger partial charge in [-0.3, -0.25) is 14.5 Å². The molecule has 1 fully saturated rings. The Balaban J connectivity index is 1.58. The van der Waals surface area contributed by atoms with Crippen LogP contribution in [0.2, 0.25) is 0 Å². The van der Waals surface area contributed by atoms with Crippen molar-refractivity contribution in [3.05, 3.63) is 59.7 Å². The van der Waals surface area contributed by atoms with Crippen LogP contribution >= 0.6 is 0 Å². The topological polar surface area (TPSA) is 93.9 Å². The van der Waals surface area contributed by atoms with Crippen LogP contribution in [0.25, 0.3) is 0 Å². The monoisotopic (exact) mass is 439 g/mol. The number of carbonyl (C=O) groups is 2. The number of carbonyl (C=O) groups excluding carboxylic acids is 2. The van der Waals surface area contributed by atoms with Gasteiger partial charge in [-0.15, -0.1) is 0 Å². The van der Waals surface area contributed by atoms with Crippen molar-refractivity contribution in [1.82, 2.24) is 10.2 Å². The van der Waals surface area contributed by atoms with Gasteiger partial charge in [0.2, 0.25) is 5.91 Å². The number of primary amides is 1. The highest BCUT2D eigenvalue weighted by Gasteiger charge is 2.27. The summed E-state index contributed by atoms with van der Waals surface area (Å²) in [5, 5.41) is 3.13. The number of morpholine rings is 1. The lowest BCUT2D eigenvalue weighted by molar-refractivity contribution is 0.00191. The molecule has 1 heterocycles. The van der Waals surface area contributed by atoms with Crippen LogP contribution in [0.15, 0.2) is 48.5 Å². The minimum Gasteiger partial charge on any atom is -0.457 e. The highest BCUT2D eigenvalue weighted by molar-refractivity contribution is 5.94. The maximum absolute atomic E-state index is 12.8. The van der Waals surface area contributed by atoms with E-state index < -0.39 is 5.91 Å². The van der Waals surface area contributed by atoms with Crippen molar-refractivity contribution in [2.24, 2.45) is 11.7 Å². The van der Waals surface area contributed by atoms with E-state index in [2.05, 4.69) is 24.1 Å². The minimum absolute atomic E-state index is 0.0911. The molecule has 2 aromatic carbocycles. The summed E-state index contributed by atoms with van der Waals surface area (Å²) in [6, 6.07) is 13.9. The first-order valence-corrected chi connectivity index (χ1v) is 11.3. The fourth-order valence-corrected chi connectivity index (χ4v) is 4.13. The van der Waals surface area contributed by atoms with Crippen molar-refractivity contribution < 1.29 is 19.1 Å². The lowest BCUT2D eigenvalue weighted by Gasteiger charge is -2.38. The molecule has 0 saturated carbocycles. The van der Waals surface area contributed by atoms with E-state index in [1.54, 1.807) is 48.5 Å². The van der Waals surface area contributed by atoms with Crippen molar-refractivity contribution in [1.29, 1.82) is 0 Å². The van der Waals surface area contributed by atoms with Crippen molar-refractivity contribution in [2.75, 3.05) is 32.8 Å². The average Bonchev–Trinajstić information content (AvgIpc) is 2.83. The van der Waals surface area contributed by atoms with Crippen LogP contribution in [0, 0.1) is 5.92 Å². The van der Waals surface area contributed by atoms with Gasteiger partial charge in [-0.25, -0.2) is 0 Å². The first-order valence-electron chi connectivity index (χ1n) is 11.3. The highest BCUT2D eigenvalue weighted by Crippen LogP contribution is 2.23. The van der Waals surface area contributed by atoms with Crippen LogP contribution < -0.4 is 15.8 Å². The molecule has 0 bridgehead atoms. The fourth-order valence-electron chi connectivity index (χ4n) is 4.13. The fraction of sp³-hybridized carbons (Fsp3) is 0.440. The number of ether oxygens (including phenoxy) is 2. The molecule has 0 aromatic heterocycles. The molecule has 0 aliphatic carbocycles. The second kappa shape index (κ2) is 11.6. The number of nitrogens with two attached hydrogens (primary N) is 1. The second-order valence-electron chi connectivity index (χ2n) is 8.02. The zero-order valence-electron chi connectivity index (χ0n) is 18.9. The molecule has 3 N–H and O–H groups in total. The van der Waals surface area contributed by atoms with Gasteiger partial charge in [0.1, 0.15) is 11.5 Å². The number of amides is 2. The standard InChI is InChI=1S/C25H33N3O4/c1-3-18(4-2)23(28-13-15-31-16-14-28)17-27-25(30)20-7-11-22(12-8-20)32-21-9-5-19(6-10-21)24(26)29/h5-12,18,23H,3-4,13-17H2,1-2H3,(H2,26,29)(H,27,30). The van der Waals surface area contributed by atoms with Gasteiger partial charge in [0.15, 0.2) is 0 Å². The Morgan fingerprint density at radius 3 is 2.00 bits per heavy atom. The molecule has 1 saturated heterocycles. The number of benzene rings is 2. The Bertz CT molecular complexity index is 873. The van der Waals surface area contributed by atoms with Gasteiger partial charge >= 0.3 is 0 Å². The summed E-state index contributed by atoms with van der Waals surface area (Å²) in [5.41, 5.74) is 6.27. The van der Waals surface area contributed by atoms with Crippen molar-refractivity contribution in [2.45, 2.75) is 32.7 Å². The number of nitrogens with zero attached hydrogens (tertiary/aromatic N) is 1. The number of nitrogens with one attached hydrogen (secondary N) is 1. The second-order valence-corrected chi connectivity index (χ2v) is 8.02. The van der Waals surface area contributed by atoms with E-state index in [9.17, 15) is 9.59 Å². The van der Waals surface area contributed by atoms with Gasteiger partial charge < -0.3 is 20.5 Å². The molecule has 1 unspecified atom stereocenters. The molecule has 32 heavy (non-hydrogen) atoms. The van der Waals surface area contributed by atoms with Crippen molar-refractivity contribution in [3.8, 4) is 11.5 Å². The molecule has 0 spiro atoms. The lowest BCUT2D eigenvalue weighted by atomic mass is 9.92. The highest BCUT2D eigenvalue weighted by atomic mass is 16.5. The third kappa shape index (κ3) is 6.31. The number of hydrogen-bond donors (Lipinski definition) is 2. The quantitative estimate of drug-likeness (QED) is 0.591. The van der Waals surface area contributed by atoms with Crippen LogP contribution in [0.3, 0.4) is 0 Å². The Morgan fingerprint density at radius 2 is 1.50 bits per heavy atom. The van der Waals surface area contributed by atoms with Crippen LogP contribution in [-0.2, 0) is 4.74 Å². The third-order valence-electron chi connectivity index (χ3n) is 6.07. The van der Waals surface area contributed by atoms with E-state index in [-0.39, 0.29) is 5.91 Å². The molecule has 172 valence electrons. The summed E-state index contributed by atoms with van der Waals surface area (Å²) in [6.45, 7) is 8.35. The van der Waals surface area contributed by atoms with Gasteiger partial charge in [0, 0.05) is 36.8 Å². The first kappa shape index (κ1) is 23.8. The number of hydrogen-bond acceptors (Lipinski definition) is 5. The van der Waals surface area contributed by atoms with Crippen LogP contribution in [0.1, 0.15) is 47.4 Å². The Hall–Kier alpha value is -2.90. The molecule has 2 aromatic rings. The number of rotatable bonds is 10. The molecule has 1 atom stereocenters.